The van der Waals surface area contributed by atoms with E-state index in [2.05, 4.69) is 9.97 Å². The number of hydrogen-bond donors (Lipinski definition) is 1. The fraction of sp³-hybridized carbons (Fsp3) is 0.500. The van der Waals surface area contributed by atoms with Crippen LogP contribution in [0.1, 0.15) is 26.6 Å². The van der Waals surface area contributed by atoms with Gasteiger partial charge in [0, 0.05) is 24.5 Å². The van der Waals surface area contributed by atoms with E-state index in [1.165, 1.54) is 0 Å². The van der Waals surface area contributed by atoms with E-state index in [-0.39, 0.29) is 6.09 Å². The van der Waals surface area contributed by atoms with Crippen molar-refractivity contribution in [3.8, 4) is 0 Å². The van der Waals surface area contributed by atoms with Crippen LogP contribution in [0.25, 0.3) is 5.57 Å². The van der Waals surface area contributed by atoms with Crippen LogP contribution in [0.15, 0.2) is 18.5 Å². The fourth-order valence-electron chi connectivity index (χ4n) is 1.63. The largest absolute Gasteiger partial charge is 0.444 e. The van der Waals surface area contributed by atoms with Crippen molar-refractivity contribution in [3.63, 3.8) is 0 Å². The topological polar surface area (TPSA) is 58.2 Å². The summed E-state index contributed by atoms with van der Waals surface area (Å²) in [4.78, 5) is 20.7. The molecule has 0 radical (unpaired) electrons. The zero-order valence-corrected chi connectivity index (χ0v) is 10.4. The second kappa shape index (κ2) is 4.24. The smallest absolute Gasteiger partial charge is 0.410 e. The molecule has 0 saturated heterocycles. The summed E-state index contributed by atoms with van der Waals surface area (Å²) in [6.07, 6.45) is 5.18. The molecule has 2 heterocycles. The van der Waals surface area contributed by atoms with Gasteiger partial charge >= 0.3 is 6.09 Å². The van der Waals surface area contributed by atoms with Crippen LogP contribution < -0.4 is 0 Å². The highest BCUT2D eigenvalue weighted by atomic mass is 16.6. The van der Waals surface area contributed by atoms with Gasteiger partial charge in [0.2, 0.25) is 0 Å². The molecule has 0 unspecified atom stereocenters. The molecule has 1 aliphatic heterocycles. The van der Waals surface area contributed by atoms with E-state index in [1.54, 1.807) is 17.3 Å². The van der Waals surface area contributed by atoms with E-state index in [9.17, 15) is 4.79 Å². The SMILES string of the molecule is CC(C)(C)OC(=O)N1CC=C(c2ncc[nH]2)C1. The van der Waals surface area contributed by atoms with Gasteiger partial charge in [0.15, 0.2) is 0 Å². The number of H-pyrrole nitrogens is 1. The molecule has 0 aromatic carbocycles. The number of hydrogen-bond acceptors (Lipinski definition) is 3. The first-order valence-electron chi connectivity index (χ1n) is 5.62. The molecule has 0 spiro atoms. The third-order valence-corrected chi connectivity index (χ3v) is 2.37. The molecule has 0 bridgehead atoms. The van der Waals surface area contributed by atoms with Gasteiger partial charge in [0.05, 0.1) is 6.54 Å². The van der Waals surface area contributed by atoms with Gasteiger partial charge in [0.1, 0.15) is 11.4 Å². The van der Waals surface area contributed by atoms with Crippen LogP contribution in [-0.4, -0.2) is 39.7 Å². The zero-order chi connectivity index (χ0) is 12.5. The molecule has 1 N–H and O–H groups in total. The molecule has 5 heteroatoms. The van der Waals surface area contributed by atoms with Crippen LogP contribution in [0.4, 0.5) is 4.79 Å². The van der Waals surface area contributed by atoms with Crippen LogP contribution in [-0.2, 0) is 4.74 Å². The maximum absolute atomic E-state index is 11.8. The Labute approximate surface area is 100 Å². The number of aromatic amines is 1. The molecular formula is C12H17N3O2. The van der Waals surface area contributed by atoms with E-state index >= 15 is 0 Å². The van der Waals surface area contributed by atoms with Crippen molar-refractivity contribution in [1.82, 2.24) is 14.9 Å². The lowest BCUT2D eigenvalue weighted by molar-refractivity contribution is 0.0306. The number of carbonyl (C=O) groups excluding carboxylic acids is 1. The van der Waals surface area contributed by atoms with Crippen LogP contribution >= 0.6 is 0 Å². The van der Waals surface area contributed by atoms with Crippen molar-refractivity contribution in [3.05, 3.63) is 24.3 Å². The van der Waals surface area contributed by atoms with E-state index in [4.69, 9.17) is 4.74 Å². The predicted molar refractivity (Wildman–Crippen MR) is 64.4 cm³/mol. The van der Waals surface area contributed by atoms with Crippen molar-refractivity contribution in [2.24, 2.45) is 0 Å². The third-order valence-electron chi connectivity index (χ3n) is 2.37. The first kappa shape index (κ1) is 11.7. The van der Waals surface area contributed by atoms with Crippen LogP contribution in [0, 0.1) is 0 Å². The standard InChI is InChI=1S/C12H17N3O2/c1-12(2,3)17-11(16)15-7-4-9(8-15)10-13-5-6-14-10/h4-6H,7-8H2,1-3H3,(H,13,14). The van der Waals surface area contributed by atoms with Gasteiger partial charge in [0.25, 0.3) is 0 Å². The van der Waals surface area contributed by atoms with Gasteiger partial charge < -0.3 is 14.6 Å². The van der Waals surface area contributed by atoms with Crippen LogP contribution in [0.2, 0.25) is 0 Å². The zero-order valence-electron chi connectivity index (χ0n) is 10.4. The number of carbonyl (C=O) groups is 1. The molecule has 92 valence electrons. The quantitative estimate of drug-likeness (QED) is 0.810. The Morgan fingerprint density at radius 2 is 2.29 bits per heavy atom. The van der Waals surface area contributed by atoms with Crippen LogP contribution in [0.5, 0.6) is 0 Å². The van der Waals surface area contributed by atoms with E-state index in [0.717, 1.165) is 11.4 Å². The average Bonchev–Trinajstić information content (AvgIpc) is 2.86. The van der Waals surface area contributed by atoms with Crippen molar-refractivity contribution in [1.29, 1.82) is 0 Å². The Hall–Kier alpha value is -1.78. The summed E-state index contributed by atoms with van der Waals surface area (Å²) in [6, 6.07) is 0. The molecule has 1 aromatic rings. The van der Waals surface area contributed by atoms with E-state index in [1.807, 2.05) is 26.8 Å². The summed E-state index contributed by atoms with van der Waals surface area (Å²) in [7, 11) is 0. The van der Waals surface area contributed by atoms with Crippen molar-refractivity contribution in [2.45, 2.75) is 26.4 Å². The summed E-state index contributed by atoms with van der Waals surface area (Å²) >= 11 is 0. The normalized spacial score (nSPS) is 15.9. The fourth-order valence-corrected chi connectivity index (χ4v) is 1.63. The highest BCUT2D eigenvalue weighted by Gasteiger charge is 2.26. The van der Waals surface area contributed by atoms with Gasteiger partial charge in [-0.25, -0.2) is 9.78 Å². The van der Waals surface area contributed by atoms with Crippen molar-refractivity contribution >= 4 is 11.7 Å². The molecule has 1 amide bonds. The van der Waals surface area contributed by atoms with Gasteiger partial charge in [-0.2, -0.15) is 0 Å². The maximum Gasteiger partial charge on any atom is 0.410 e. The average molecular weight is 235 g/mol. The third kappa shape index (κ3) is 2.87. The number of imidazole rings is 1. The maximum atomic E-state index is 11.8. The van der Waals surface area contributed by atoms with Gasteiger partial charge in [-0.05, 0) is 20.8 Å². The first-order valence-corrected chi connectivity index (χ1v) is 5.62. The van der Waals surface area contributed by atoms with Crippen LogP contribution in [0.3, 0.4) is 0 Å². The van der Waals surface area contributed by atoms with E-state index < -0.39 is 5.60 Å². The number of rotatable bonds is 1. The number of aromatic nitrogens is 2. The minimum Gasteiger partial charge on any atom is -0.444 e. The summed E-state index contributed by atoms with van der Waals surface area (Å²) < 4.78 is 5.31. The molecule has 17 heavy (non-hydrogen) atoms. The predicted octanol–water partition coefficient (Wildman–Crippen LogP) is 2.04. The molecule has 0 saturated carbocycles. The van der Waals surface area contributed by atoms with E-state index in [0.29, 0.717) is 13.1 Å². The lowest BCUT2D eigenvalue weighted by atomic mass is 10.2. The minimum absolute atomic E-state index is 0.282. The molecule has 5 nitrogen and oxygen atoms in total. The molecule has 1 aliphatic rings. The lowest BCUT2D eigenvalue weighted by Gasteiger charge is -2.24. The van der Waals surface area contributed by atoms with Gasteiger partial charge in [-0.15, -0.1) is 0 Å². The number of nitrogens with zero attached hydrogens (tertiary/aromatic N) is 2. The summed E-state index contributed by atoms with van der Waals surface area (Å²) in [5.74, 6) is 0.816. The highest BCUT2D eigenvalue weighted by molar-refractivity contribution is 5.75. The highest BCUT2D eigenvalue weighted by Crippen LogP contribution is 2.19. The molecule has 2 rings (SSSR count). The molecule has 0 aliphatic carbocycles. The molecule has 0 fully saturated rings. The number of ether oxygens (including phenoxy) is 1. The van der Waals surface area contributed by atoms with Crippen molar-refractivity contribution < 1.29 is 9.53 Å². The monoisotopic (exact) mass is 235 g/mol. The number of amides is 1. The molecular weight excluding hydrogens is 218 g/mol. The first-order chi connectivity index (χ1) is 7.96. The Bertz CT molecular complexity index is 429. The summed E-state index contributed by atoms with van der Waals surface area (Å²) in [5, 5.41) is 0. The Balaban J connectivity index is 1.95. The molecule has 1 aromatic heterocycles. The second-order valence-electron chi connectivity index (χ2n) is 5.03. The van der Waals surface area contributed by atoms with Crippen molar-refractivity contribution in [2.75, 3.05) is 13.1 Å². The Morgan fingerprint density at radius 3 is 2.88 bits per heavy atom. The Morgan fingerprint density at radius 1 is 1.53 bits per heavy atom. The van der Waals surface area contributed by atoms with Gasteiger partial charge in [-0.3, -0.25) is 0 Å². The molecule has 0 atom stereocenters. The second-order valence-corrected chi connectivity index (χ2v) is 5.03. The number of nitrogens with one attached hydrogen (secondary N) is 1. The lowest BCUT2D eigenvalue weighted by Crippen LogP contribution is -2.35. The Kier molecular flexibility index (Phi) is 2.92. The van der Waals surface area contributed by atoms with Gasteiger partial charge in [-0.1, -0.05) is 6.08 Å². The summed E-state index contributed by atoms with van der Waals surface area (Å²) in [5.41, 5.74) is 0.575. The summed E-state index contributed by atoms with van der Waals surface area (Å²) in [6.45, 7) is 6.71. The minimum atomic E-state index is -0.454.